The van der Waals surface area contributed by atoms with Crippen molar-refractivity contribution >= 4 is 16.0 Å². The summed E-state index contributed by atoms with van der Waals surface area (Å²) in [4.78, 5) is 9.67. The second-order valence-electron chi connectivity index (χ2n) is 4.11. The van der Waals surface area contributed by atoms with Crippen LogP contribution in [0.4, 0.5) is 22.0 Å². The fraction of sp³-hybridized carbons (Fsp3) is 0.300. The zero-order valence-electron chi connectivity index (χ0n) is 10.2. The number of halogens is 5. The molecule has 11 heteroatoms. The largest absolute Gasteiger partial charge is 0.480 e. The van der Waals surface area contributed by atoms with Gasteiger partial charge in [0.1, 0.15) is 0 Å². The lowest BCUT2D eigenvalue weighted by atomic mass is 10.0. The first kappa shape index (κ1) is 17.3. The van der Waals surface area contributed by atoms with Gasteiger partial charge in [0, 0.05) is 0 Å². The van der Waals surface area contributed by atoms with Crippen LogP contribution >= 0.6 is 0 Å². The van der Waals surface area contributed by atoms with Crippen LogP contribution in [0, 0.1) is 11.6 Å². The summed E-state index contributed by atoms with van der Waals surface area (Å²) in [7, 11) is -5.04. The van der Waals surface area contributed by atoms with E-state index in [2.05, 4.69) is 0 Å². The van der Waals surface area contributed by atoms with E-state index in [1.54, 1.807) is 0 Å². The molecule has 0 heterocycles. The van der Waals surface area contributed by atoms with Crippen LogP contribution in [0.1, 0.15) is 6.92 Å². The highest BCUT2D eigenvalue weighted by molar-refractivity contribution is 7.89. The van der Waals surface area contributed by atoms with Crippen molar-refractivity contribution < 1.29 is 40.3 Å². The molecule has 0 amide bonds. The third-order valence-corrected chi connectivity index (χ3v) is 4.09. The van der Waals surface area contributed by atoms with E-state index in [0.29, 0.717) is 12.1 Å². The molecular formula is C10H8F5NO4S. The highest BCUT2D eigenvalue weighted by Gasteiger charge is 2.59. The molecule has 0 aliphatic carbocycles. The predicted octanol–water partition coefficient (Wildman–Crippen LogP) is 1.65. The number of aliphatic carboxylic acids is 1. The number of hydrogen-bond donors (Lipinski definition) is 2. The van der Waals surface area contributed by atoms with E-state index in [0.717, 1.165) is 4.72 Å². The van der Waals surface area contributed by atoms with E-state index in [1.807, 2.05) is 0 Å². The van der Waals surface area contributed by atoms with Crippen LogP contribution in [0.5, 0.6) is 0 Å². The molecule has 1 aromatic rings. The van der Waals surface area contributed by atoms with Gasteiger partial charge in [-0.05, 0) is 25.1 Å². The first-order valence-electron chi connectivity index (χ1n) is 5.10. The Hall–Kier alpha value is -1.75. The SMILES string of the molecule is CC(NS(=O)(=O)c1ccc(F)c(F)c1)(C(=O)O)C(F)(F)F. The van der Waals surface area contributed by atoms with Crippen molar-refractivity contribution in [1.82, 2.24) is 4.72 Å². The number of rotatable bonds is 4. The predicted molar refractivity (Wildman–Crippen MR) is 58.8 cm³/mol. The van der Waals surface area contributed by atoms with E-state index in [4.69, 9.17) is 5.11 Å². The average Bonchev–Trinajstić information content (AvgIpc) is 2.30. The molecule has 1 aromatic carbocycles. The van der Waals surface area contributed by atoms with Gasteiger partial charge in [0.05, 0.1) is 4.90 Å². The first-order chi connectivity index (χ1) is 9.31. The Morgan fingerprint density at radius 2 is 1.71 bits per heavy atom. The first-order valence-corrected chi connectivity index (χ1v) is 6.59. The highest BCUT2D eigenvalue weighted by atomic mass is 32.2. The minimum absolute atomic E-state index is 0.0900. The van der Waals surface area contributed by atoms with Gasteiger partial charge in [0.25, 0.3) is 0 Å². The molecule has 2 N–H and O–H groups in total. The standard InChI is InChI=1S/C10H8F5NO4S/c1-9(8(17)18,10(13,14)15)16-21(19,20)5-2-3-6(11)7(12)4-5/h2-4,16H,1H3,(H,17,18). The molecule has 1 unspecified atom stereocenters. The summed E-state index contributed by atoms with van der Waals surface area (Å²) in [6.07, 6.45) is -5.45. The minimum Gasteiger partial charge on any atom is -0.480 e. The Morgan fingerprint density at radius 3 is 2.10 bits per heavy atom. The normalized spacial score (nSPS) is 15.5. The number of carboxylic acid groups (broad SMARTS) is 1. The van der Waals surface area contributed by atoms with Gasteiger partial charge < -0.3 is 5.11 Å². The molecule has 1 rings (SSSR count). The molecule has 0 bridgehead atoms. The summed E-state index contributed by atoms with van der Waals surface area (Å²) in [5.41, 5.74) is -3.82. The van der Waals surface area contributed by atoms with Crippen LogP contribution in [-0.4, -0.2) is 31.2 Å². The summed E-state index contributed by atoms with van der Waals surface area (Å²) >= 11 is 0. The molecule has 118 valence electrons. The summed E-state index contributed by atoms with van der Waals surface area (Å²) in [6, 6.07) is 1.02. The van der Waals surface area contributed by atoms with Crippen LogP contribution in [-0.2, 0) is 14.8 Å². The smallest absolute Gasteiger partial charge is 0.418 e. The molecule has 0 aromatic heterocycles. The number of hydrogen-bond acceptors (Lipinski definition) is 3. The monoisotopic (exact) mass is 333 g/mol. The summed E-state index contributed by atoms with van der Waals surface area (Å²) in [5.74, 6) is -5.52. The number of sulfonamides is 1. The lowest BCUT2D eigenvalue weighted by Crippen LogP contribution is -2.61. The lowest BCUT2D eigenvalue weighted by molar-refractivity contribution is -0.201. The van der Waals surface area contributed by atoms with Crippen LogP contribution in [0.2, 0.25) is 0 Å². The van der Waals surface area contributed by atoms with E-state index in [9.17, 15) is 35.2 Å². The third kappa shape index (κ3) is 3.29. The number of alkyl halides is 3. The zero-order chi connectivity index (χ0) is 16.6. The van der Waals surface area contributed by atoms with Gasteiger partial charge in [0.15, 0.2) is 11.6 Å². The fourth-order valence-electron chi connectivity index (χ4n) is 1.19. The Balaban J connectivity index is 3.31. The van der Waals surface area contributed by atoms with Gasteiger partial charge in [0.2, 0.25) is 15.6 Å². The van der Waals surface area contributed by atoms with E-state index >= 15 is 0 Å². The van der Waals surface area contributed by atoms with E-state index < -0.39 is 44.2 Å². The summed E-state index contributed by atoms with van der Waals surface area (Å²) in [5, 5.41) is 8.60. The molecule has 0 fully saturated rings. The molecule has 0 radical (unpaired) electrons. The van der Waals surface area contributed by atoms with E-state index in [-0.39, 0.29) is 13.0 Å². The average molecular weight is 333 g/mol. The van der Waals surface area contributed by atoms with Crippen LogP contribution < -0.4 is 4.72 Å². The van der Waals surface area contributed by atoms with Crippen molar-refractivity contribution in [1.29, 1.82) is 0 Å². The number of carbonyl (C=O) groups is 1. The quantitative estimate of drug-likeness (QED) is 0.821. The van der Waals surface area contributed by atoms with Crippen LogP contribution in [0.25, 0.3) is 0 Å². The van der Waals surface area contributed by atoms with Crippen molar-refractivity contribution in [3.63, 3.8) is 0 Å². The van der Waals surface area contributed by atoms with Gasteiger partial charge in [-0.15, -0.1) is 0 Å². The van der Waals surface area contributed by atoms with Gasteiger partial charge in [-0.25, -0.2) is 22.0 Å². The Labute approximate surface area is 115 Å². The summed E-state index contributed by atoms with van der Waals surface area (Å²) in [6.45, 7) is 0.0900. The summed E-state index contributed by atoms with van der Waals surface area (Å²) < 4.78 is 88.0. The molecule has 0 saturated heterocycles. The van der Waals surface area contributed by atoms with Gasteiger partial charge in [-0.1, -0.05) is 0 Å². The highest BCUT2D eigenvalue weighted by Crippen LogP contribution is 2.32. The van der Waals surface area contributed by atoms with E-state index in [1.165, 1.54) is 0 Å². The fourth-order valence-corrected chi connectivity index (χ4v) is 2.56. The van der Waals surface area contributed by atoms with Crippen molar-refractivity contribution in [2.24, 2.45) is 0 Å². The Kier molecular flexibility index (Phi) is 4.30. The topological polar surface area (TPSA) is 83.5 Å². The van der Waals surface area contributed by atoms with Gasteiger partial charge in [-0.2, -0.15) is 17.9 Å². The third-order valence-electron chi connectivity index (χ3n) is 2.53. The van der Waals surface area contributed by atoms with Gasteiger partial charge >= 0.3 is 12.1 Å². The maximum absolute atomic E-state index is 12.9. The zero-order valence-corrected chi connectivity index (χ0v) is 11.0. The Morgan fingerprint density at radius 1 is 1.19 bits per heavy atom. The Bertz CT molecular complexity index is 673. The molecule has 21 heavy (non-hydrogen) atoms. The molecular weight excluding hydrogens is 325 g/mol. The molecule has 0 aliphatic heterocycles. The number of nitrogens with one attached hydrogen (secondary N) is 1. The molecule has 0 saturated carbocycles. The van der Waals surface area contributed by atoms with Crippen molar-refractivity contribution in [3.8, 4) is 0 Å². The second-order valence-corrected chi connectivity index (χ2v) is 5.79. The van der Waals surface area contributed by atoms with Crippen LogP contribution in [0.15, 0.2) is 23.1 Å². The number of carboxylic acids is 1. The van der Waals surface area contributed by atoms with Crippen molar-refractivity contribution in [2.45, 2.75) is 23.5 Å². The molecule has 1 atom stereocenters. The maximum atomic E-state index is 12.9. The van der Waals surface area contributed by atoms with Crippen molar-refractivity contribution in [2.75, 3.05) is 0 Å². The second kappa shape index (κ2) is 5.22. The van der Waals surface area contributed by atoms with Crippen molar-refractivity contribution in [3.05, 3.63) is 29.8 Å². The van der Waals surface area contributed by atoms with Crippen LogP contribution in [0.3, 0.4) is 0 Å². The molecule has 0 spiro atoms. The molecule has 0 aliphatic rings. The molecule has 5 nitrogen and oxygen atoms in total. The lowest BCUT2D eigenvalue weighted by Gasteiger charge is -2.28. The van der Waals surface area contributed by atoms with Gasteiger partial charge in [-0.3, -0.25) is 0 Å². The number of benzene rings is 1. The maximum Gasteiger partial charge on any atom is 0.418 e. The minimum atomic E-state index is -5.45.